The third-order valence-electron chi connectivity index (χ3n) is 2.87. The van der Waals surface area contributed by atoms with Gasteiger partial charge in [-0.25, -0.2) is 12.8 Å². The van der Waals surface area contributed by atoms with Gasteiger partial charge in [-0.3, -0.25) is 9.52 Å². The average Bonchev–Trinajstić information content (AvgIpc) is 2.41. The third-order valence-corrected chi connectivity index (χ3v) is 4.35. The van der Waals surface area contributed by atoms with Crippen LogP contribution in [-0.2, 0) is 19.6 Å². The first-order chi connectivity index (χ1) is 10.7. The minimum absolute atomic E-state index is 0.0696. The number of sulfonamides is 1. The second kappa shape index (κ2) is 8.83. The summed E-state index contributed by atoms with van der Waals surface area (Å²) in [6, 6.07) is 5.13. The predicted molar refractivity (Wildman–Crippen MR) is 87.1 cm³/mol. The van der Waals surface area contributed by atoms with Crippen LogP contribution in [-0.4, -0.2) is 39.3 Å². The molecule has 1 aromatic rings. The normalized spacial score (nSPS) is 12.9. The van der Waals surface area contributed by atoms with Crippen molar-refractivity contribution in [2.45, 2.75) is 26.9 Å². The highest BCUT2D eigenvalue weighted by atomic mass is 32.2. The molecule has 1 aromatic carbocycles. The lowest BCUT2D eigenvalue weighted by Crippen LogP contribution is -2.36. The van der Waals surface area contributed by atoms with E-state index < -0.39 is 21.8 Å². The molecule has 0 spiro atoms. The summed E-state index contributed by atoms with van der Waals surface area (Å²) in [7, 11) is -3.75. The maximum Gasteiger partial charge on any atom is 0.233 e. The third kappa shape index (κ3) is 7.94. The fraction of sp³-hybridized carbons (Fsp3) is 0.533. The van der Waals surface area contributed by atoms with Gasteiger partial charge in [0.25, 0.3) is 0 Å². The summed E-state index contributed by atoms with van der Waals surface area (Å²) in [5.74, 6) is -2.04. The molecule has 0 heterocycles. The number of amides is 1. The molecule has 23 heavy (non-hydrogen) atoms. The smallest absolute Gasteiger partial charge is 0.233 e. The summed E-state index contributed by atoms with van der Waals surface area (Å²) < 4.78 is 44.6. The van der Waals surface area contributed by atoms with Gasteiger partial charge in [0.15, 0.2) is 0 Å². The van der Waals surface area contributed by atoms with E-state index in [1.807, 2.05) is 13.8 Å². The summed E-state index contributed by atoms with van der Waals surface area (Å²) in [5.41, 5.74) is 0.128. The fourth-order valence-electron chi connectivity index (χ4n) is 1.82. The van der Waals surface area contributed by atoms with E-state index >= 15 is 0 Å². The van der Waals surface area contributed by atoms with Crippen LogP contribution < -0.4 is 10.0 Å². The van der Waals surface area contributed by atoms with Gasteiger partial charge in [-0.2, -0.15) is 0 Å². The van der Waals surface area contributed by atoms with Crippen LogP contribution in [0.5, 0.6) is 0 Å². The molecule has 6 nitrogen and oxygen atoms in total. The van der Waals surface area contributed by atoms with Crippen molar-refractivity contribution in [3.63, 3.8) is 0 Å². The molecule has 8 heteroatoms. The second-order valence-corrected chi connectivity index (χ2v) is 7.27. The van der Waals surface area contributed by atoms with Crippen LogP contribution in [0.1, 0.15) is 20.8 Å². The average molecular weight is 346 g/mol. The van der Waals surface area contributed by atoms with Gasteiger partial charge in [0.2, 0.25) is 15.9 Å². The van der Waals surface area contributed by atoms with Crippen LogP contribution in [0, 0.1) is 11.7 Å². The molecule has 0 aliphatic rings. The first-order valence-electron chi connectivity index (χ1n) is 7.35. The molecular weight excluding hydrogens is 323 g/mol. The van der Waals surface area contributed by atoms with E-state index in [-0.39, 0.29) is 23.5 Å². The zero-order valence-electron chi connectivity index (χ0n) is 13.5. The molecule has 1 unspecified atom stereocenters. The first-order valence-corrected chi connectivity index (χ1v) is 9.00. The molecule has 1 rings (SSSR count). The van der Waals surface area contributed by atoms with Crippen molar-refractivity contribution in [2.24, 2.45) is 5.92 Å². The van der Waals surface area contributed by atoms with Gasteiger partial charge < -0.3 is 10.1 Å². The molecule has 0 bridgehead atoms. The molecule has 1 amide bonds. The van der Waals surface area contributed by atoms with E-state index in [2.05, 4.69) is 10.0 Å². The van der Waals surface area contributed by atoms with Crippen molar-refractivity contribution in [1.82, 2.24) is 5.32 Å². The molecule has 0 fully saturated rings. The lowest BCUT2D eigenvalue weighted by atomic mass is 10.2. The standard InChI is InChI=1S/C15H23FN2O4S/c1-11(2)22-8-7-17-15(19)12(3)10-23(20,21)18-14-6-4-5-13(16)9-14/h4-6,9,11-12,18H,7-8,10H2,1-3H3,(H,17,19). The number of carbonyl (C=O) groups excluding carboxylic acids is 1. The molecule has 1 atom stereocenters. The number of hydrogen-bond donors (Lipinski definition) is 2. The van der Waals surface area contributed by atoms with Crippen molar-refractivity contribution in [1.29, 1.82) is 0 Å². The summed E-state index contributed by atoms with van der Waals surface area (Å²) in [6.07, 6.45) is 0.0696. The van der Waals surface area contributed by atoms with Crippen molar-refractivity contribution in [3.05, 3.63) is 30.1 Å². The van der Waals surface area contributed by atoms with Gasteiger partial charge in [0, 0.05) is 6.54 Å². The Bertz CT molecular complexity index is 620. The minimum Gasteiger partial charge on any atom is -0.377 e. The van der Waals surface area contributed by atoms with Crippen molar-refractivity contribution >= 4 is 21.6 Å². The van der Waals surface area contributed by atoms with Gasteiger partial charge in [0.05, 0.1) is 30.1 Å². The first kappa shape index (κ1) is 19.4. The van der Waals surface area contributed by atoms with Crippen LogP contribution in [0.25, 0.3) is 0 Å². The molecule has 0 aliphatic carbocycles. The highest BCUT2D eigenvalue weighted by Gasteiger charge is 2.21. The number of hydrogen-bond acceptors (Lipinski definition) is 4. The Balaban J connectivity index is 2.47. The molecule has 0 saturated heterocycles. The van der Waals surface area contributed by atoms with Crippen LogP contribution >= 0.6 is 0 Å². The van der Waals surface area contributed by atoms with Crippen LogP contribution in [0.15, 0.2) is 24.3 Å². The Morgan fingerprint density at radius 1 is 1.30 bits per heavy atom. The van der Waals surface area contributed by atoms with Crippen molar-refractivity contribution in [3.8, 4) is 0 Å². The van der Waals surface area contributed by atoms with E-state index in [9.17, 15) is 17.6 Å². The highest BCUT2D eigenvalue weighted by Crippen LogP contribution is 2.12. The fourth-order valence-corrected chi connectivity index (χ4v) is 3.20. The summed E-state index contributed by atoms with van der Waals surface area (Å²) in [6.45, 7) is 5.97. The quantitative estimate of drug-likeness (QED) is 0.667. The van der Waals surface area contributed by atoms with Crippen molar-refractivity contribution < 1.29 is 22.3 Å². The van der Waals surface area contributed by atoms with E-state index in [4.69, 9.17) is 4.74 Å². The summed E-state index contributed by atoms with van der Waals surface area (Å²) in [4.78, 5) is 11.9. The van der Waals surface area contributed by atoms with Gasteiger partial charge in [-0.1, -0.05) is 13.0 Å². The van der Waals surface area contributed by atoms with Crippen LogP contribution in [0.3, 0.4) is 0 Å². The monoisotopic (exact) mass is 346 g/mol. The molecule has 0 radical (unpaired) electrons. The molecule has 2 N–H and O–H groups in total. The van der Waals surface area contributed by atoms with E-state index in [1.165, 1.54) is 25.1 Å². The number of carbonyl (C=O) groups is 1. The second-order valence-electron chi connectivity index (χ2n) is 5.51. The van der Waals surface area contributed by atoms with Gasteiger partial charge in [-0.15, -0.1) is 0 Å². The molecule has 0 aliphatic heterocycles. The SMILES string of the molecule is CC(C)OCCNC(=O)C(C)CS(=O)(=O)Nc1cccc(F)c1. The molecule has 130 valence electrons. The molecule has 0 saturated carbocycles. The van der Waals surface area contributed by atoms with Crippen LogP contribution in [0.2, 0.25) is 0 Å². The van der Waals surface area contributed by atoms with E-state index in [1.54, 1.807) is 0 Å². The topological polar surface area (TPSA) is 84.5 Å². The molecular formula is C15H23FN2O4S. The lowest BCUT2D eigenvalue weighted by molar-refractivity contribution is -0.124. The van der Waals surface area contributed by atoms with Crippen LogP contribution in [0.4, 0.5) is 10.1 Å². The van der Waals surface area contributed by atoms with Gasteiger partial charge in [0.1, 0.15) is 5.82 Å². The predicted octanol–water partition coefficient (Wildman–Crippen LogP) is 1.74. The summed E-state index contributed by atoms with van der Waals surface area (Å²) in [5, 5.41) is 2.62. The largest absolute Gasteiger partial charge is 0.377 e. The highest BCUT2D eigenvalue weighted by molar-refractivity contribution is 7.92. The van der Waals surface area contributed by atoms with Crippen molar-refractivity contribution in [2.75, 3.05) is 23.6 Å². The number of nitrogens with one attached hydrogen (secondary N) is 2. The van der Waals surface area contributed by atoms with E-state index in [0.29, 0.717) is 13.2 Å². The Morgan fingerprint density at radius 2 is 2.00 bits per heavy atom. The number of rotatable bonds is 9. The maximum absolute atomic E-state index is 13.1. The van der Waals surface area contributed by atoms with E-state index in [0.717, 1.165) is 6.07 Å². The maximum atomic E-state index is 13.1. The van der Waals surface area contributed by atoms with Gasteiger partial charge >= 0.3 is 0 Å². The Morgan fingerprint density at radius 3 is 2.61 bits per heavy atom. The lowest BCUT2D eigenvalue weighted by Gasteiger charge is -2.14. The zero-order valence-corrected chi connectivity index (χ0v) is 14.3. The Hall–Kier alpha value is -1.67. The molecule has 0 aromatic heterocycles. The zero-order chi connectivity index (χ0) is 17.5. The number of ether oxygens (including phenoxy) is 1. The minimum atomic E-state index is -3.75. The number of benzene rings is 1. The summed E-state index contributed by atoms with van der Waals surface area (Å²) >= 11 is 0. The number of halogens is 1. The number of anilines is 1. The van der Waals surface area contributed by atoms with Gasteiger partial charge in [-0.05, 0) is 32.0 Å². The Labute approximate surface area is 136 Å². The Kier molecular flexibility index (Phi) is 7.44.